The van der Waals surface area contributed by atoms with Gasteiger partial charge in [-0.05, 0) is 73.8 Å². The number of hydrogen-bond donors (Lipinski definition) is 0. The van der Waals surface area contributed by atoms with E-state index in [9.17, 15) is 9.18 Å². The fraction of sp³-hybridized carbons (Fsp3) is 0.552. The van der Waals surface area contributed by atoms with E-state index >= 15 is 0 Å². The third-order valence-electron chi connectivity index (χ3n) is 6.82. The van der Waals surface area contributed by atoms with Gasteiger partial charge < -0.3 is 4.74 Å². The standard InChI is InChI=1S/C29H39FO2/c1-3-5-7-9-22-11-18-26(19-12-22)32-29(31)25-16-14-24(15-17-25)27-20-13-23(21-28(27)30)10-8-6-4-2/h13-17,20-22,26H,3-12,18-19H2,1-2H3/t22-,26-. The van der Waals surface area contributed by atoms with Crippen LogP contribution in [0.3, 0.4) is 0 Å². The van der Waals surface area contributed by atoms with Gasteiger partial charge in [0.05, 0.1) is 5.56 Å². The Bertz CT molecular complexity index is 835. The van der Waals surface area contributed by atoms with Crippen molar-refractivity contribution in [2.75, 3.05) is 0 Å². The van der Waals surface area contributed by atoms with E-state index in [1.807, 2.05) is 24.3 Å². The Labute approximate surface area is 193 Å². The molecule has 0 radical (unpaired) electrons. The van der Waals surface area contributed by atoms with Crippen LogP contribution < -0.4 is 0 Å². The molecule has 0 amide bonds. The Morgan fingerprint density at radius 2 is 1.59 bits per heavy atom. The summed E-state index contributed by atoms with van der Waals surface area (Å²) in [4.78, 5) is 12.6. The molecule has 2 aromatic carbocycles. The van der Waals surface area contributed by atoms with Crippen LogP contribution in [0.15, 0.2) is 42.5 Å². The van der Waals surface area contributed by atoms with Crippen LogP contribution >= 0.6 is 0 Å². The van der Waals surface area contributed by atoms with Gasteiger partial charge >= 0.3 is 5.97 Å². The Balaban J connectivity index is 1.51. The molecule has 0 aliphatic heterocycles. The number of carbonyl (C=O) groups is 1. The number of rotatable bonds is 11. The normalized spacial score (nSPS) is 18.5. The second kappa shape index (κ2) is 12.8. The van der Waals surface area contributed by atoms with Crippen molar-refractivity contribution in [3.63, 3.8) is 0 Å². The van der Waals surface area contributed by atoms with Crippen molar-refractivity contribution in [1.29, 1.82) is 0 Å². The molecule has 3 heteroatoms. The van der Waals surface area contributed by atoms with Gasteiger partial charge in [0, 0.05) is 5.56 Å². The van der Waals surface area contributed by atoms with Crippen LogP contribution in [-0.4, -0.2) is 12.1 Å². The molecule has 32 heavy (non-hydrogen) atoms. The second-order valence-corrected chi connectivity index (χ2v) is 9.39. The number of ether oxygens (including phenoxy) is 1. The molecule has 1 aliphatic carbocycles. The van der Waals surface area contributed by atoms with Crippen molar-refractivity contribution in [2.24, 2.45) is 5.92 Å². The predicted octanol–water partition coefficient (Wildman–Crippen LogP) is 8.52. The van der Waals surface area contributed by atoms with Gasteiger partial charge in [-0.1, -0.05) is 76.6 Å². The van der Waals surface area contributed by atoms with E-state index in [1.54, 1.807) is 18.2 Å². The molecule has 0 saturated heterocycles. The largest absolute Gasteiger partial charge is 0.459 e. The number of hydrogen-bond acceptors (Lipinski definition) is 2. The lowest BCUT2D eigenvalue weighted by atomic mass is 9.84. The summed E-state index contributed by atoms with van der Waals surface area (Å²) >= 11 is 0. The summed E-state index contributed by atoms with van der Waals surface area (Å²) in [6.07, 6.45) is 13.8. The van der Waals surface area contributed by atoms with Gasteiger partial charge in [0.25, 0.3) is 0 Å². The number of aryl methyl sites for hydroxylation is 1. The Hall–Kier alpha value is -2.16. The molecule has 3 rings (SSSR count). The van der Waals surface area contributed by atoms with Crippen LogP contribution in [0.4, 0.5) is 4.39 Å². The first-order chi connectivity index (χ1) is 15.6. The topological polar surface area (TPSA) is 26.3 Å². The van der Waals surface area contributed by atoms with E-state index in [-0.39, 0.29) is 17.9 Å². The molecule has 0 aromatic heterocycles. The third-order valence-corrected chi connectivity index (χ3v) is 6.82. The average molecular weight is 439 g/mol. The summed E-state index contributed by atoms with van der Waals surface area (Å²) in [6.45, 7) is 4.41. The molecule has 0 bridgehead atoms. The van der Waals surface area contributed by atoms with Gasteiger partial charge in [-0.25, -0.2) is 9.18 Å². The molecule has 0 unspecified atom stereocenters. The minimum Gasteiger partial charge on any atom is -0.459 e. The number of unbranched alkanes of at least 4 members (excludes halogenated alkanes) is 4. The van der Waals surface area contributed by atoms with E-state index in [0.29, 0.717) is 11.1 Å². The van der Waals surface area contributed by atoms with Crippen LogP contribution in [-0.2, 0) is 11.2 Å². The fourth-order valence-electron chi connectivity index (χ4n) is 4.75. The van der Waals surface area contributed by atoms with Crippen LogP contribution in [0.2, 0.25) is 0 Å². The SMILES string of the molecule is CCCCCc1ccc(-c2ccc(C(=O)O[C@H]3CC[C@H](CCCCC)CC3)cc2)c(F)c1. The van der Waals surface area contributed by atoms with Crippen LogP contribution in [0, 0.1) is 11.7 Å². The minimum atomic E-state index is -0.266. The highest BCUT2D eigenvalue weighted by atomic mass is 19.1. The van der Waals surface area contributed by atoms with E-state index in [1.165, 1.54) is 32.1 Å². The monoisotopic (exact) mass is 438 g/mol. The molecule has 2 aromatic rings. The van der Waals surface area contributed by atoms with Gasteiger partial charge in [0.1, 0.15) is 11.9 Å². The second-order valence-electron chi connectivity index (χ2n) is 9.39. The Kier molecular flexibility index (Phi) is 9.77. The summed E-state index contributed by atoms with van der Waals surface area (Å²) in [5.41, 5.74) is 2.94. The van der Waals surface area contributed by atoms with Crippen molar-refractivity contribution in [3.05, 3.63) is 59.4 Å². The summed E-state index contributed by atoms with van der Waals surface area (Å²) in [7, 11) is 0. The van der Waals surface area contributed by atoms with Gasteiger partial charge in [-0.3, -0.25) is 0 Å². The lowest BCUT2D eigenvalue weighted by Crippen LogP contribution is -2.24. The van der Waals surface area contributed by atoms with Crippen LogP contribution in [0.25, 0.3) is 11.1 Å². The molecule has 0 heterocycles. The first-order valence-corrected chi connectivity index (χ1v) is 12.7. The zero-order chi connectivity index (χ0) is 22.8. The van der Waals surface area contributed by atoms with E-state index in [0.717, 1.165) is 62.0 Å². The highest BCUT2D eigenvalue weighted by Gasteiger charge is 2.24. The van der Waals surface area contributed by atoms with E-state index < -0.39 is 0 Å². The fourth-order valence-corrected chi connectivity index (χ4v) is 4.75. The summed E-state index contributed by atoms with van der Waals surface area (Å²) in [6, 6.07) is 12.6. The Morgan fingerprint density at radius 1 is 0.906 bits per heavy atom. The van der Waals surface area contributed by atoms with E-state index in [2.05, 4.69) is 13.8 Å². The van der Waals surface area contributed by atoms with E-state index in [4.69, 9.17) is 4.74 Å². The molecule has 0 N–H and O–H groups in total. The maximum absolute atomic E-state index is 14.7. The quantitative estimate of drug-likeness (QED) is 0.259. The highest BCUT2D eigenvalue weighted by Crippen LogP contribution is 2.31. The summed E-state index contributed by atoms with van der Waals surface area (Å²) in [5, 5.41) is 0. The lowest BCUT2D eigenvalue weighted by molar-refractivity contribution is 0.0161. The first-order valence-electron chi connectivity index (χ1n) is 12.7. The van der Waals surface area contributed by atoms with Gasteiger partial charge in [-0.15, -0.1) is 0 Å². The first kappa shape index (κ1) is 24.5. The molecule has 2 nitrogen and oxygen atoms in total. The van der Waals surface area contributed by atoms with Gasteiger partial charge in [-0.2, -0.15) is 0 Å². The highest BCUT2D eigenvalue weighted by molar-refractivity contribution is 5.90. The molecule has 1 aliphatic rings. The Morgan fingerprint density at radius 3 is 2.25 bits per heavy atom. The summed E-state index contributed by atoms with van der Waals surface area (Å²) < 4.78 is 20.4. The molecular weight excluding hydrogens is 399 g/mol. The van der Waals surface area contributed by atoms with Gasteiger partial charge in [0.2, 0.25) is 0 Å². The number of esters is 1. The summed E-state index contributed by atoms with van der Waals surface area (Å²) in [5.74, 6) is 0.325. The molecule has 1 fully saturated rings. The van der Waals surface area contributed by atoms with Crippen molar-refractivity contribution >= 4 is 5.97 Å². The third kappa shape index (κ3) is 7.18. The molecule has 0 atom stereocenters. The molecule has 174 valence electrons. The molecule has 1 saturated carbocycles. The maximum Gasteiger partial charge on any atom is 0.338 e. The number of halogens is 1. The maximum atomic E-state index is 14.7. The molecular formula is C29H39FO2. The lowest BCUT2D eigenvalue weighted by Gasteiger charge is -2.28. The van der Waals surface area contributed by atoms with Crippen molar-refractivity contribution in [2.45, 2.75) is 97.0 Å². The minimum absolute atomic E-state index is 0.0299. The van der Waals surface area contributed by atoms with Gasteiger partial charge in [0.15, 0.2) is 0 Å². The zero-order valence-electron chi connectivity index (χ0n) is 19.9. The van der Waals surface area contributed by atoms with Crippen molar-refractivity contribution in [3.8, 4) is 11.1 Å². The van der Waals surface area contributed by atoms with Crippen molar-refractivity contribution in [1.82, 2.24) is 0 Å². The van der Waals surface area contributed by atoms with Crippen LogP contribution in [0.5, 0.6) is 0 Å². The van der Waals surface area contributed by atoms with Crippen LogP contribution in [0.1, 0.15) is 100 Å². The number of carbonyl (C=O) groups excluding carboxylic acids is 1. The zero-order valence-corrected chi connectivity index (χ0v) is 19.9. The predicted molar refractivity (Wildman–Crippen MR) is 130 cm³/mol. The molecule has 0 spiro atoms. The van der Waals surface area contributed by atoms with Crippen molar-refractivity contribution < 1.29 is 13.9 Å². The number of benzene rings is 2. The average Bonchev–Trinajstić information content (AvgIpc) is 2.81. The smallest absolute Gasteiger partial charge is 0.338 e.